The Kier molecular flexibility index (Phi) is 6.55. The number of carbonyl (C=O) groups is 1. The van der Waals surface area contributed by atoms with Crippen molar-refractivity contribution in [2.24, 2.45) is 0 Å². The number of aromatic nitrogens is 2. The van der Waals surface area contributed by atoms with Gasteiger partial charge in [0.25, 0.3) is 11.5 Å². The molecule has 0 bridgehead atoms. The molecule has 0 aliphatic rings. The number of pyridine rings is 2. The van der Waals surface area contributed by atoms with E-state index in [4.69, 9.17) is 4.74 Å². The highest BCUT2D eigenvalue weighted by Crippen LogP contribution is 2.14. The van der Waals surface area contributed by atoms with Crippen molar-refractivity contribution < 1.29 is 9.53 Å². The fourth-order valence-electron chi connectivity index (χ4n) is 3.06. The minimum absolute atomic E-state index is 0.153. The first-order chi connectivity index (χ1) is 13.6. The summed E-state index contributed by atoms with van der Waals surface area (Å²) in [5.74, 6) is -0.221. The second kappa shape index (κ2) is 9.28. The quantitative estimate of drug-likeness (QED) is 0.611. The number of rotatable bonds is 8. The maximum Gasteiger partial charge on any atom is 0.260 e. The highest BCUT2D eigenvalue weighted by Gasteiger charge is 2.14. The minimum atomic E-state index is -0.221. The summed E-state index contributed by atoms with van der Waals surface area (Å²) in [6.07, 6.45) is 2.49. The average molecular weight is 379 g/mol. The molecule has 0 saturated heterocycles. The third kappa shape index (κ3) is 4.64. The zero-order valence-electron chi connectivity index (χ0n) is 16.3. The Morgan fingerprint density at radius 3 is 2.75 bits per heavy atom. The van der Waals surface area contributed by atoms with Crippen molar-refractivity contribution in [1.82, 2.24) is 14.9 Å². The first kappa shape index (κ1) is 19.8. The van der Waals surface area contributed by atoms with Crippen molar-refractivity contribution in [2.75, 3.05) is 19.8 Å². The van der Waals surface area contributed by atoms with Gasteiger partial charge in [-0.15, -0.1) is 0 Å². The smallest absolute Gasteiger partial charge is 0.260 e. The van der Waals surface area contributed by atoms with Crippen molar-refractivity contribution in [2.45, 2.75) is 26.8 Å². The summed E-state index contributed by atoms with van der Waals surface area (Å²) in [5, 5.41) is 3.32. The van der Waals surface area contributed by atoms with Crippen LogP contribution in [0, 0.1) is 6.92 Å². The largest absolute Gasteiger partial charge is 0.382 e. The van der Waals surface area contributed by atoms with Crippen LogP contribution in [0.5, 0.6) is 0 Å². The number of nitrogens with one attached hydrogen (secondary N) is 1. The Morgan fingerprint density at radius 1 is 1.21 bits per heavy atom. The van der Waals surface area contributed by atoms with Crippen molar-refractivity contribution in [3.05, 3.63) is 75.8 Å². The number of benzene rings is 1. The zero-order chi connectivity index (χ0) is 19.9. The number of nitrogens with zero attached hydrogens (tertiary/aromatic N) is 2. The summed E-state index contributed by atoms with van der Waals surface area (Å²) >= 11 is 0. The number of ether oxygens (including phenoxy) is 1. The molecule has 1 aromatic carbocycles. The topological polar surface area (TPSA) is 73.2 Å². The molecule has 0 radical (unpaired) electrons. The van der Waals surface area contributed by atoms with Crippen molar-refractivity contribution in [3.8, 4) is 0 Å². The molecule has 3 aromatic rings. The summed E-state index contributed by atoms with van der Waals surface area (Å²) in [5.41, 5.74) is 2.52. The first-order valence-corrected chi connectivity index (χ1v) is 9.51. The molecule has 1 N–H and O–H groups in total. The van der Waals surface area contributed by atoms with Crippen molar-refractivity contribution in [3.63, 3.8) is 0 Å². The van der Waals surface area contributed by atoms with Gasteiger partial charge in [0.2, 0.25) is 0 Å². The lowest BCUT2D eigenvalue weighted by Gasteiger charge is -2.11. The van der Waals surface area contributed by atoms with Crippen LogP contribution in [-0.2, 0) is 11.3 Å². The fourth-order valence-corrected chi connectivity index (χ4v) is 3.06. The molecule has 0 atom stereocenters. The van der Waals surface area contributed by atoms with Gasteiger partial charge in [-0.25, -0.2) is 0 Å². The standard InChI is InChI=1S/C22H25N3O3/c1-3-28-13-7-11-23-21(26)18-14-19-20(24-16(18)2)10-12-25(22(19)27)15-17-8-5-4-6-9-17/h4-6,8-10,12,14H,3,7,11,13,15H2,1-2H3,(H,23,26). The molecule has 3 rings (SSSR count). The SMILES string of the molecule is CCOCCCNC(=O)c1cc2c(=O)n(Cc3ccccc3)ccc2nc1C. The summed E-state index contributed by atoms with van der Waals surface area (Å²) in [4.78, 5) is 29.9. The van der Waals surface area contributed by atoms with E-state index in [-0.39, 0.29) is 11.5 Å². The summed E-state index contributed by atoms with van der Waals surface area (Å²) in [7, 11) is 0. The van der Waals surface area contributed by atoms with Crippen LogP contribution in [0.1, 0.15) is 35.0 Å². The van der Waals surface area contributed by atoms with Crippen LogP contribution in [0.4, 0.5) is 0 Å². The number of fused-ring (bicyclic) bond motifs is 1. The number of carbonyl (C=O) groups excluding carboxylic acids is 1. The molecule has 0 spiro atoms. The highest BCUT2D eigenvalue weighted by molar-refractivity contribution is 5.98. The van der Waals surface area contributed by atoms with Crippen molar-refractivity contribution in [1.29, 1.82) is 0 Å². The van der Waals surface area contributed by atoms with E-state index in [9.17, 15) is 9.59 Å². The van der Waals surface area contributed by atoms with Gasteiger partial charge in [-0.2, -0.15) is 0 Å². The zero-order valence-corrected chi connectivity index (χ0v) is 16.3. The predicted molar refractivity (Wildman–Crippen MR) is 110 cm³/mol. The monoisotopic (exact) mass is 379 g/mol. The predicted octanol–water partition coefficient (Wildman–Crippen LogP) is 2.91. The van der Waals surface area contributed by atoms with E-state index >= 15 is 0 Å². The number of hydrogen-bond acceptors (Lipinski definition) is 4. The second-order valence-electron chi connectivity index (χ2n) is 6.59. The molecule has 0 unspecified atom stereocenters. The lowest BCUT2D eigenvalue weighted by Crippen LogP contribution is -2.27. The van der Waals surface area contributed by atoms with E-state index in [1.165, 1.54) is 0 Å². The van der Waals surface area contributed by atoms with Gasteiger partial charge in [0.15, 0.2) is 0 Å². The van der Waals surface area contributed by atoms with Crippen LogP contribution in [0.15, 0.2) is 53.5 Å². The molecule has 6 heteroatoms. The van der Waals surface area contributed by atoms with E-state index in [2.05, 4.69) is 10.3 Å². The maximum atomic E-state index is 12.9. The molecular formula is C22H25N3O3. The molecular weight excluding hydrogens is 354 g/mol. The molecule has 0 aliphatic heterocycles. The molecule has 2 aromatic heterocycles. The van der Waals surface area contributed by atoms with E-state index < -0.39 is 0 Å². The molecule has 28 heavy (non-hydrogen) atoms. The van der Waals surface area contributed by atoms with Gasteiger partial charge in [0.05, 0.1) is 28.7 Å². The van der Waals surface area contributed by atoms with Gasteiger partial charge in [0, 0.05) is 26.0 Å². The Labute approximate surface area is 164 Å². The van der Waals surface area contributed by atoms with Crippen LogP contribution >= 0.6 is 0 Å². The molecule has 6 nitrogen and oxygen atoms in total. The van der Waals surface area contributed by atoms with Gasteiger partial charge >= 0.3 is 0 Å². The minimum Gasteiger partial charge on any atom is -0.382 e. The van der Waals surface area contributed by atoms with Gasteiger partial charge < -0.3 is 14.6 Å². The fraction of sp³-hybridized carbons (Fsp3) is 0.318. The lowest BCUT2D eigenvalue weighted by molar-refractivity contribution is 0.0943. The summed E-state index contributed by atoms with van der Waals surface area (Å²) in [6, 6.07) is 13.3. The van der Waals surface area contributed by atoms with Crippen LogP contribution in [0.2, 0.25) is 0 Å². The van der Waals surface area contributed by atoms with Gasteiger partial charge in [-0.1, -0.05) is 30.3 Å². The molecule has 1 amide bonds. The molecule has 2 heterocycles. The molecule has 0 aliphatic carbocycles. The number of hydrogen-bond donors (Lipinski definition) is 1. The van der Waals surface area contributed by atoms with E-state index in [0.29, 0.717) is 48.5 Å². The third-order valence-corrected chi connectivity index (χ3v) is 4.54. The average Bonchev–Trinajstić information content (AvgIpc) is 2.70. The highest BCUT2D eigenvalue weighted by atomic mass is 16.5. The number of aryl methyl sites for hydroxylation is 1. The van der Waals surface area contributed by atoms with Gasteiger partial charge in [-0.05, 0) is 38.0 Å². The van der Waals surface area contributed by atoms with Crippen molar-refractivity contribution >= 4 is 16.8 Å². The van der Waals surface area contributed by atoms with Crippen LogP contribution < -0.4 is 10.9 Å². The van der Waals surface area contributed by atoms with Crippen LogP contribution in [0.3, 0.4) is 0 Å². The summed E-state index contributed by atoms with van der Waals surface area (Å²) < 4.78 is 6.91. The summed E-state index contributed by atoms with van der Waals surface area (Å²) in [6.45, 7) is 5.98. The normalized spacial score (nSPS) is 10.9. The molecule has 0 fully saturated rings. The van der Waals surface area contributed by atoms with Crippen LogP contribution in [-0.4, -0.2) is 35.2 Å². The Hall–Kier alpha value is -2.99. The van der Waals surface area contributed by atoms with E-state index in [1.807, 2.05) is 43.3 Å². The number of amides is 1. The molecule has 146 valence electrons. The second-order valence-corrected chi connectivity index (χ2v) is 6.59. The Balaban J connectivity index is 1.84. The molecule has 0 saturated carbocycles. The lowest BCUT2D eigenvalue weighted by atomic mass is 10.1. The first-order valence-electron chi connectivity index (χ1n) is 9.51. The Morgan fingerprint density at radius 2 is 2.00 bits per heavy atom. The van der Waals surface area contributed by atoms with E-state index in [1.54, 1.807) is 23.8 Å². The van der Waals surface area contributed by atoms with E-state index in [0.717, 1.165) is 12.0 Å². The van der Waals surface area contributed by atoms with Gasteiger partial charge in [-0.3, -0.25) is 14.6 Å². The van der Waals surface area contributed by atoms with Crippen LogP contribution in [0.25, 0.3) is 10.9 Å². The Bertz CT molecular complexity index is 1010. The van der Waals surface area contributed by atoms with Gasteiger partial charge in [0.1, 0.15) is 0 Å². The maximum absolute atomic E-state index is 12.9. The third-order valence-electron chi connectivity index (χ3n) is 4.54.